The molecular weight excluding hydrogens is 418 g/mol. The second kappa shape index (κ2) is 10.5. The summed E-state index contributed by atoms with van der Waals surface area (Å²) in [5, 5.41) is 7.74. The summed E-state index contributed by atoms with van der Waals surface area (Å²) in [5.74, 6) is 2.12. The van der Waals surface area contributed by atoms with Crippen molar-refractivity contribution in [3.63, 3.8) is 0 Å². The fraction of sp³-hybridized carbons (Fsp3) is 0.385. The first-order valence-electron chi connectivity index (χ1n) is 11.4. The summed E-state index contributed by atoms with van der Waals surface area (Å²) in [5.41, 5.74) is 3.71. The van der Waals surface area contributed by atoms with Gasteiger partial charge in [-0.05, 0) is 75.1 Å². The minimum absolute atomic E-state index is 0.00334. The van der Waals surface area contributed by atoms with Crippen molar-refractivity contribution < 1.29 is 19.0 Å². The lowest BCUT2D eigenvalue weighted by molar-refractivity contribution is -0.121. The van der Waals surface area contributed by atoms with Gasteiger partial charge in [0.05, 0.1) is 24.6 Å². The van der Waals surface area contributed by atoms with Crippen molar-refractivity contribution >= 4 is 5.91 Å². The first kappa shape index (κ1) is 22.9. The molecule has 174 valence electrons. The number of amides is 1. The molecule has 2 aromatic carbocycles. The van der Waals surface area contributed by atoms with Gasteiger partial charge >= 0.3 is 0 Å². The van der Waals surface area contributed by atoms with Crippen LogP contribution in [0.2, 0.25) is 0 Å². The second-order valence-corrected chi connectivity index (χ2v) is 8.34. The number of hydrogen-bond acceptors (Lipinski definition) is 5. The molecule has 0 aliphatic carbocycles. The third kappa shape index (κ3) is 5.73. The molecular formula is C26H31N3O4. The largest absolute Gasteiger partial charge is 0.497 e. The van der Waals surface area contributed by atoms with Crippen molar-refractivity contribution in [1.82, 2.24) is 15.1 Å². The average molecular weight is 450 g/mol. The molecule has 1 amide bonds. The minimum Gasteiger partial charge on any atom is -0.497 e. The summed E-state index contributed by atoms with van der Waals surface area (Å²) in [6, 6.07) is 15.5. The van der Waals surface area contributed by atoms with Crippen LogP contribution in [0.15, 0.2) is 48.5 Å². The Hall–Kier alpha value is -3.32. The Morgan fingerprint density at radius 1 is 1.18 bits per heavy atom. The monoisotopic (exact) mass is 449 g/mol. The number of rotatable bonds is 9. The molecule has 0 radical (unpaired) electrons. The van der Waals surface area contributed by atoms with E-state index in [1.807, 2.05) is 62.4 Å². The Labute approximate surface area is 194 Å². The van der Waals surface area contributed by atoms with Crippen molar-refractivity contribution in [3.8, 4) is 23.1 Å². The summed E-state index contributed by atoms with van der Waals surface area (Å²) in [4.78, 5) is 12.5. The summed E-state index contributed by atoms with van der Waals surface area (Å²) in [7, 11) is 1.64. The fourth-order valence-electron chi connectivity index (χ4n) is 3.98. The maximum absolute atomic E-state index is 12.5. The van der Waals surface area contributed by atoms with E-state index in [2.05, 4.69) is 5.32 Å². The van der Waals surface area contributed by atoms with Gasteiger partial charge in [-0.1, -0.05) is 12.1 Å². The molecule has 0 saturated carbocycles. The SMILES string of the molecule is COc1ccc(-n2nc(C)c(CCC(=O)NC[C@H]3CCCO3)c2Oc2cccc(C)c2)cc1. The van der Waals surface area contributed by atoms with Gasteiger partial charge in [0.15, 0.2) is 0 Å². The molecule has 0 spiro atoms. The Kier molecular flexibility index (Phi) is 7.29. The van der Waals surface area contributed by atoms with Gasteiger partial charge in [0.1, 0.15) is 11.5 Å². The molecule has 0 unspecified atom stereocenters. The van der Waals surface area contributed by atoms with Crippen LogP contribution in [0.5, 0.6) is 17.4 Å². The molecule has 33 heavy (non-hydrogen) atoms. The maximum atomic E-state index is 12.5. The van der Waals surface area contributed by atoms with Crippen molar-refractivity contribution in [2.75, 3.05) is 20.3 Å². The molecule has 7 nitrogen and oxygen atoms in total. The van der Waals surface area contributed by atoms with Gasteiger partial charge in [-0.15, -0.1) is 0 Å². The number of hydrogen-bond donors (Lipinski definition) is 1. The number of carbonyl (C=O) groups excluding carboxylic acids is 1. The zero-order valence-electron chi connectivity index (χ0n) is 19.5. The summed E-state index contributed by atoms with van der Waals surface area (Å²) >= 11 is 0. The maximum Gasteiger partial charge on any atom is 0.226 e. The number of methoxy groups -OCH3 is 1. The number of aryl methyl sites for hydroxylation is 2. The molecule has 3 aromatic rings. The fourth-order valence-corrected chi connectivity index (χ4v) is 3.98. The van der Waals surface area contributed by atoms with Crippen LogP contribution in [0.1, 0.15) is 36.1 Å². The van der Waals surface area contributed by atoms with Crippen LogP contribution in [0.4, 0.5) is 0 Å². The topological polar surface area (TPSA) is 74.6 Å². The third-order valence-corrected chi connectivity index (χ3v) is 5.81. The molecule has 1 N–H and O–H groups in total. The van der Waals surface area contributed by atoms with Crippen molar-refractivity contribution in [1.29, 1.82) is 0 Å². The van der Waals surface area contributed by atoms with E-state index in [1.165, 1.54) is 0 Å². The molecule has 4 rings (SSSR count). The quantitative estimate of drug-likeness (QED) is 0.520. The Morgan fingerprint density at radius 3 is 2.70 bits per heavy atom. The standard InChI is InChI=1S/C26H31N3O4/c1-18-6-4-7-22(16-18)33-26-24(13-14-25(30)27-17-23-8-5-15-32-23)19(2)28-29(26)20-9-11-21(31-3)12-10-20/h4,6-7,9-12,16,23H,5,8,13-15,17H2,1-3H3,(H,27,30)/t23-/m1/s1. The number of aromatic nitrogens is 2. The van der Waals surface area contributed by atoms with Crippen LogP contribution in [-0.4, -0.2) is 42.1 Å². The number of nitrogens with zero attached hydrogens (tertiary/aromatic N) is 2. The highest BCUT2D eigenvalue weighted by Gasteiger charge is 2.21. The van der Waals surface area contributed by atoms with Crippen LogP contribution in [-0.2, 0) is 16.0 Å². The molecule has 1 fully saturated rings. The van der Waals surface area contributed by atoms with Crippen molar-refractivity contribution in [3.05, 3.63) is 65.4 Å². The summed E-state index contributed by atoms with van der Waals surface area (Å²) in [6.07, 6.45) is 3.08. The predicted octanol–water partition coefficient (Wildman–Crippen LogP) is 4.52. The molecule has 1 aliphatic rings. The van der Waals surface area contributed by atoms with Crippen molar-refractivity contribution in [2.45, 2.75) is 45.6 Å². The number of nitrogens with one attached hydrogen (secondary N) is 1. The van der Waals surface area contributed by atoms with Gasteiger partial charge in [-0.25, -0.2) is 4.68 Å². The highest BCUT2D eigenvalue weighted by molar-refractivity contribution is 5.76. The van der Waals surface area contributed by atoms with Crippen LogP contribution in [0.3, 0.4) is 0 Å². The summed E-state index contributed by atoms with van der Waals surface area (Å²) in [6.45, 7) is 5.32. The predicted molar refractivity (Wildman–Crippen MR) is 126 cm³/mol. The van der Waals surface area contributed by atoms with Crippen LogP contribution >= 0.6 is 0 Å². The van der Waals surface area contributed by atoms with E-state index >= 15 is 0 Å². The van der Waals surface area contributed by atoms with E-state index in [-0.39, 0.29) is 12.0 Å². The van der Waals surface area contributed by atoms with E-state index in [1.54, 1.807) is 11.8 Å². The molecule has 2 heterocycles. The van der Waals surface area contributed by atoms with Crippen LogP contribution in [0, 0.1) is 13.8 Å². The van der Waals surface area contributed by atoms with Crippen LogP contribution in [0.25, 0.3) is 5.69 Å². The van der Waals surface area contributed by atoms with E-state index in [4.69, 9.17) is 19.3 Å². The lowest BCUT2D eigenvalue weighted by atomic mass is 10.1. The van der Waals surface area contributed by atoms with Gasteiger partial charge in [0.25, 0.3) is 0 Å². The molecule has 1 aliphatic heterocycles. The Bertz CT molecular complexity index is 1090. The van der Waals surface area contributed by atoms with Gasteiger partial charge in [0, 0.05) is 25.1 Å². The Morgan fingerprint density at radius 2 is 2.00 bits per heavy atom. The lowest BCUT2D eigenvalue weighted by Gasteiger charge is -2.13. The number of benzene rings is 2. The molecule has 1 saturated heterocycles. The average Bonchev–Trinajstić information content (AvgIpc) is 3.44. The third-order valence-electron chi connectivity index (χ3n) is 5.81. The normalized spacial score (nSPS) is 15.4. The van der Waals surface area contributed by atoms with Gasteiger partial charge in [-0.3, -0.25) is 4.79 Å². The first-order valence-corrected chi connectivity index (χ1v) is 11.4. The minimum atomic E-state index is 0.00334. The second-order valence-electron chi connectivity index (χ2n) is 8.34. The molecule has 7 heteroatoms. The van der Waals surface area contributed by atoms with Crippen LogP contribution < -0.4 is 14.8 Å². The van der Waals surface area contributed by atoms with Gasteiger partial charge in [0.2, 0.25) is 11.8 Å². The zero-order valence-corrected chi connectivity index (χ0v) is 19.5. The molecule has 0 bridgehead atoms. The number of carbonyl (C=O) groups is 1. The highest BCUT2D eigenvalue weighted by atomic mass is 16.5. The number of ether oxygens (including phenoxy) is 3. The van der Waals surface area contributed by atoms with Gasteiger partial charge in [-0.2, -0.15) is 5.10 Å². The Balaban J connectivity index is 1.56. The molecule has 1 aromatic heterocycles. The molecule has 1 atom stereocenters. The van der Waals surface area contributed by atoms with E-state index < -0.39 is 0 Å². The lowest BCUT2D eigenvalue weighted by Crippen LogP contribution is -2.31. The van der Waals surface area contributed by atoms with Crippen molar-refractivity contribution in [2.24, 2.45) is 0 Å². The van der Waals surface area contributed by atoms with Gasteiger partial charge < -0.3 is 19.5 Å². The van der Waals surface area contributed by atoms with E-state index in [0.29, 0.717) is 25.3 Å². The zero-order chi connectivity index (χ0) is 23.2. The van der Waals surface area contributed by atoms with E-state index in [9.17, 15) is 4.79 Å². The summed E-state index contributed by atoms with van der Waals surface area (Å²) < 4.78 is 19.0. The smallest absolute Gasteiger partial charge is 0.226 e. The first-order chi connectivity index (χ1) is 16.0. The highest BCUT2D eigenvalue weighted by Crippen LogP contribution is 2.32. The van der Waals surface area contributed by atoms with E-state index in [0.717, 1.165) is 53.5 Å².